The third kappa shape index (κ3) is 4.75. The number of ketones is 1. The number of fused-ring (bicyclic) bond motifs is 2. The van der Waals surface area contributed by atoms with E-state index in [1.165, 1.54) is 12.5 Å². The highest BCUT2D eigenvalue weighted by molar-refractivity contribution is 5.91. The van der Waals surface area contributed by atoms with E-state index in [0.29, 0.717) is 12.8 Å². The largest absolute Gasteiger partial charge is 0.460 e. The lowest BCUT2D eigenvalue weighted by atomic mass is 9.44. The molecule has 2 saturated heterocycles. The first-order valence-electron chi connectivity index (χ1n) is 18.5. The summed E-state index contributed by atoms with van der Waals surface area (Å²) in [5, 5.41) is 53.1. The Kier molecular flexibility index (Phi) is 8.27. The summed E-state index contributed by atoms with van der Waals surface area (Å²) in [4.78, 5) is 26.3. The maximum Gasteiger partial charge on any atom is 0.302 e. The van der Waals surface area contributed by atoms with E-state index in [1.807, 2.05) is 13.8 Å². The van der Waals surface area contributed by atoms with Gasteiger partial charge >= 0.3 is 5.97 Å². The standard InChI is InChI=1S/C38H58O11/c1-18(15-20(46-19(2)40)31-34(5,6)49-31)25-27(42)30(45)36(8)23-10-9-22-33(3,4)24(48-32-29(44)28(43)26(41)21(16-39)47-32)11-12-37(22)17-38(23,37)14-13-35(25,36)7/h10,18,20-22,24-26,28-32,39,41,43-45H,9,11-17H2,1-8H3. The Balaban J connectivity index is 1.14. The number of rotatable bonds is 8. The van der Waals surface area contributed by atoms with Gasteiger partial charge in [-0.25, -0.2) is 0 Å². The quantitative estimate of drug-likeness (QED) is 0.144. The fourth-order valence-corrected chi connectivity index (χ4v) is 12.7. The van der Waals surface area contributed by atoms with Crippen molar-refractivity contribution in [3.63, 3.8) is 0 Å². The smallest absolute Gasteiger partial charge is 0.302 e. The zero-order chi connectivity index (χ0) is 35.9. The summed E-state index contributed by atoms with van der Waals surface area (Å²) in [7, 11) is 0. The van der Waals surface area contributed by atoms with Gasteiger partial charge < -0.3 is 44.5 Å². The predicted octanol–water partition coefficient (Wildman–Crippen LogP) is 2.82. The molecule has 16 atom stereocenters. The van der Waals surface area contributed by atoms with Gasteiger partial charge in [0.05, 0.1) is 18.3 Å². The minimum atomic E-state index is -1.49. The summed E-state index contributed by atoms with van der Waals surface area (Å²) >= 11 is 0. The number of epoxide rings is 1. The molecule has 2 aliphatic heterocycles. The first kappa shape index (κ1) is 35.9. The van der Waals surface area contributed by atoms with Crippen LogP contribution in [0.15, 0.2) is 11.6 Å². The number of ether oxygens (including phenoxy) is 4. The van der Waals surface area contributed by atoms with Crippen molar-refractivity contribution in [2.75, 3.05) is 6.61 Å². The molecule has 0 aromatic rings. The van der Waals surface area contributed by atoms with Gasteiger partial charge in [-0.2, -0.15) is 0 Å². The Morgan fingerprint density at radius 1 is 1.02 bits per heavy atom. The molecule has 4 saturated carbocycles. The molecule has 6 fully saturated rings. The Morgan fingerprint density at radius 3 is 2.31 bits per heavy atom. The van der Waals surface area contributed by atoms with Crippen LogP contribution in [0.1, 0.15) is 100 Å². The van der Waals surface area contributed by atoms with Crippen LogP contribution in [0.3, 0.4) is 0 Å². The molecule has 16 unspecified atom stereocenters. The average molecular weight is 691 g/mol. The average Bonchev–Trinajstić information content (AvgIpc) is 3.88. The summed E-state index contributed by atoms with van der Waals surface area (Å²) in [6.45, 7) is 15.6. The number of allylic oxidation sites excluding steroid dienone is 1. The van der Waals surface area contributed by atoms with Crippen molar-refractivity contribution in [2.24, 2.45) is 44.8 Å². The highest BCUT2D eigenvalue weighted by atomic mass is 16.7. The van der Waals surface area contributed by atoms with E-state index in [4.69, 9.17) is 18.9 Å². The number of hydrogen-bond donors (Lipinski definition) is 5. The monoisotopic (exact) mass is 690 g/mol. The second kappa shape index (κ2) is 11.3. The second-order valence-electron chi connectivity index (χ2n) is 18.4. The molecule has 11 heteroatoms. The van der Waals surface area contributed by atoms with Gasteiger partial charge in [-0.3, -0.25) is 9.59 Å². The molecule has 7 rings (SSSR count). The number of carbonyl (C=O) groups is 2. The molecule has 276 valence electrons. The van der Waals surface area contributed by atoms with Crippen molar-refractivity contribution < 1.29 is 54.1 Å². The third-order valence-electron chi connectivity index (χ3n) is 15.4. The van der Waals surface area contributed by atoms with E-state index in [0.717, 1.165) is 32.1 Å². The van der Waals surface area contributed by atoms with Crippen molar-refractivity contribution in [2.45, 2.75) is 161 Å². The summed E-state index contributed by atoms with van der Waals surface area (Å²) < 4.78 is 23.8. The van der Waals surface area contributed by atoms with Gasteiger partial charge in [0.1, 0.15) is 42.7 Å². The first-order valence-corrected chi connectivity index (χ1v) is 18.5. The molecule has 5 aliphatic carbocycles. The van der Waals surface area contributed by atoms with Crippen LogP contribution >= 0.6 is 0 Å². The van der Waals surface area contributed by atoms with Crippen LogP contribution in [0.4, 0.5) is 0 Å². The molecule has 2 spiro atoms. The second-order valence-corrected chi connectivity index (χ2v) is 18.4. The van der Waals surface area contributed by atoms with Crippen LogP contribution in [0, 0.1) is 44.8 Å². The summed E-state index contributed by atoms with van der Waals surface area (Å²) in [6.07, 6.45) is -0.754. The molecule has 0 radical (unpaired) electrons. The predicted molar refractivity (Wildman–Crippen MR) is 176 cm³/mol. The number of Topliss-reactive ketones (excluding diaryl/α,β-unsaturated/α-hetero) is 1. The Bertz CT molecular complexity index is 1410. The molecule has 0 amide bonds. The van der Waals surface area contributed by atoms with Gasteiger partial charge in [-0.1, -0.05) is 46.3 Å². The zero-order valence-electron chi connectivity index (χ0n) is 30.3. The highest BCUT2D eigenvalue weighted by Crippen LogP contribution is 2.87. The molecule has 0 bridgehead atoms. The van der Waals surface area contributed by atoms with E-state index in [-0.39, 0.29) is 57.6 Å². The zero-order valence-corrected chi connectivity index (χ0v) is 30.3. The summed E-state index contributed by atoms with van der Waals surface area (Å²) in [5.74, 6) is -0.754. The first-order chi connectivity index (χ1) is 22.7. The fraction of sp³-hybridized carbons (Fsp3) is 0.895. The van der Waals surface area contributed by atoms with Gasteiger partial charge in [0.25, 0.3) is 0 Å². The van der Waals surface area contributed by atoms with E-state index in [1.54, 1.807) is 0 Å². The molecule has 0 aromatic heterocycles. The maximum atomic E-state index is 14.2. The van der Waals surface area contributed by atoms with Gasteiger partial charge in [0.2, 0.25) is 0 Å². The number of esters is 1. The lowest BCUT2D eigenvalue weighted by Gasteiger charge is -2.60. The molecule has 11 nitrogen and oxygen atoms in total. The van der Waals surface area contributed by atoms with Crippen LogP contribution in [-0.4, -0.2) is 105 Å². The van der Waals surface area contributed by atoms with E-state index < -0.39 is 66.3 Å². The van der Waals surface area contributed by atoms with Crippen LogP contribution in [0.2, 0.25) is 0 Å². The Morgan fingerprint density at radius 2 is 1.69 bits per heavy atom. The van der Waals surface area contributed by atoms with Crippen molar-refractivity contribution >= 4 is 11.8 Å². The Hall–Kier alpha value is -1.44. The lowest BCUT2D eigenvalue weighted by molar-refractivity contribution is -0.325. The van der Waals surface area contributed by atoms with Crippen LogP contribution < -0.4 is 0 Å². The molecule has 2 heterocycles. The van der Waals surface area contributed by atoms with Crippen LogP contribution in [0.5, 0.6) is 0 Å². The maximum absolute atomic E-state index is 14.2. The molecule has 49 heavy (non-hydrogen) atoms. The van der Waals surface area contributed by atoms with E-state index in [2.05, 4.69) is 40.7 Å². The normalized spacial score (nSPS) is 51.7. The topological polar surface area (TPSA) is 176 Å². The summed E-state index contributed by atoms with van der Waals surface area (Å²) in [6, 6.07) is 0. The lowest BCUT2D eigenvalue weighted by Crippen LogP contribution is -2.61. The van der Waals surface area contributed by atoms with Crippen molar-refractivity contribution in [3.05, 3.63) is 11.6 Å². The number of hydrogen-bond acceptors (Lipinski definition) is 11. The van der Waals surface area contributed by atoms with Crippen LogP contribution in [0.25, 0.3) is 0 Å². The van der Waals surface area contributed by atoms with Crippen molar-refractivity contribution in [3.8, 4) is 0 Å². The molecule has 0 aromatic carbocycles. The SMILES string of the molecule is CC(=O)OC(CC(C)C1C(=O)C(O)C2(C)C3=CCC4C(C)(C)C(OC5OC(CO)C(O)C(O)C5O)CCC45CC35CCC12C)C1OC1(C)C. The van der Waals surface area contributed by atoms with Gasteiger partial charge in [-0.15, -0.1) is 0 Å². The minimum Gasteiger partial charge on any atom is -0.460 e. The number of carbonyl (C=O) groups excluding carboxylic acids is 2. The fourth-order valence-electron chi connectivity index (χ4n) is 12.7. The third-order valence-corrected chi connectivity index (χ3v) is 15.4. The van der Waals surface area contributed by atoms with Crippen molar-refractivity contribution in [1.82, 2.24) is 0 Å². The van der Waals surface area contributed by atoms with Crippen LogP contribution in [-0.2, 0) is 28.5 Å². The molecular weight excluding hydrogens is 632 g/mol. The van der Waals surface area contributed by atoms with Gasteiger partial charge in [0, 0.05) is 18.3 Å². The van der Waals surface area contributed by atoms with E-state index >= 15 is 0 Å². The molecular formula is C38H58O11. The van der Waals surface area contributed by atoms with Crippen molar-refractivity contribution in [1.29, 1.82) is 0 Å². The van der Waals surface area contributed by atoms with Gasteiger partial charge in [-0.05, 0) is 92.3 Å². The number of aliphatic hydroxyl groups is 5. The minimum absolute atomic E-state index is 0.00194. The van der Waals surface area contributed by atoms with E-state index in [9.17, 15) is 35.1 Å². The van der Waals surface area contributed by atoms with Gasteiger partial charge in [0.15, 0.2) is 12.1 Å². The molecule has 5 N–H and O–H groups in total. The number of aliphatic hydroxyl groups excluding tert-OH is 5. The Labute approximate surface area is 289 Å². The molecule has 7 aliphatic rings. The highest BCUT2D eigenvalue weighted by Gasteiger charge is 2.82. The summed E-state index contributed by atoms with van der Waals surface area (Å²) in [5.41, 5.74) is -0.788.